The van der Waals surface area contributed by atoms with Gasteiger partial charge in [0.2, 0.25) is 0 Å². The second-order valence-electron chi connectivity index (χ2n) is 7.19. The zero-order chi connectivity index (χ0) is 23.7. The molecule has 4 unspecified atom stereocenters. The summed E-state index contributed by atoms with van der Waals surface area (Å²) < 4.78 is 104. The van der Waals surface area contributed by atoms with Gasteiger partial charge in [0, 0.05) is 13.1 Å². The molecule has 2 aliphatic rings. The van der Waals surface area contributed by atoms with E-state index in [-0.39, 0.29) is 18.2 Å². The Bertz CT molecular complexity index is 866. The standard InChI is InChI=1S/C20H16F7NO2.C2H6/c21-15-3-1-11(2-4-15)17-18-29-6-5-28(17)10-16(30-18)12-7-13(19(22,23)24)9-14(8-12)20(25,26)27;1-2/h1-4,7-9,16-18H,5-6,10H2;1-2H3. The van der Waals surface area contributed by atoms with Gasteiger partial charge < -0.3 is 9.47 Å². The molecule has 0 spiro atoms. The molecule has 3 nitrogen and oxygen atoms in total. The molecule has 2 fully saturated rings. The summed E-state index contributed by atoms with van der Waals surface area (Å²) in [5.41, 5.74) is -2.33. The van der Waals surface area contributed by atoms with Gasteiger partial charge >= 0.3 is 12.4 Å². The van der Waals surface area contributed by atoms with E-state index in [0.29, 0.717) is 30.8 Å². The van der Waals surface area contributed by atoms with E-state index in [2.05, 4.69) is 0 Å². The molecule has 2 heterocycles. The number of morpholine rings is 2. The fourth-order valence-electron chi connectivity index (χ4n) is 3.80. The number of ether oxygens (including phenoxy) is 2. The van der Waals surface area contributed by atoms with Gasteiger partial charge in [0.05, 0.1) is 29.9 Å². The highest BCUT2D eigenvalue weighted by Crippen LogP contribution is 2.42. The molecule has 2 aliphatic heterocycles. The Morgan fingerprint density at radius 1 is 0.844 bits per heavy atom. The lowest BCUT2D eigenvalue weighted by atomic mass is 9.96. The van der Waals surface area contributed by atoms with Crippen LogP contribution in [0, 0.1) is 5.82 Å². The van der Waals surface area contributed by atoms with Crippen molar-refractivity contribution in [3.63, 3.8) is 0 Å². The van der Waals surface area contributed by atoms with Crippen LogP contribution in [0.4, 0.5) is 30.7 Å². The Labute approximate surface area is 180 Å². The molecule has 2 bridgehead atoms. The minimum Gasteiger partial charge on any atom is -0.349 e. The number of alkyl halides is 6. The first-order valence-corrected chi connectivity index (χ1v) is 10.1. The SMILES string of the molecule is CC.Fc1ccc(C2C3OCCN2CC(c2cc(C(F)(F)F)cc(C(F)(F)F)c2)O3)cc1. The third kappa shape index (κ3) is 5.24. The summed E-state index contributed by atoms with van der Waals surface area (Å²) in [6.45, 7) is 4.77. The average Bonchev–Trinajstić information content (AvgIpc) is 2.73. The molecule has 0 amide bonds. The summed E-state index contributed by atoms with van der Waals surface area (Å²) in [4.78, 5) is 1.86. The number of hydrogen-bond acceptors (Lipinski definition) is 3. The molecule has 0 aliphatic carbocycles. The van der Waals surface area contributed by atoms with Crippen LogP contribution >= 0.6 is 0 Å². The minimum absolute atomic E-state index is 0.0700. The molecule has 2 aromatic carbocycles. The zero-order valence-corrected chi connectivity index (χ0v) is 17.3. The Morgan fingerprint density at radius 2 is 1.41 bits per heavy atom. The maximum Gasteiger partial charge on any atom is 0.416 e. The van der Waals surface area contributed by atoms with Gasteiger partial charge in [-0.3, -0.25) is 4.90 Å². The van der Waals surface area contributed by atoms with E-state index in [4.69, 9.17) is 9.47 Å². The van der Waals surface area contributed by atoms with E-state index in [1.165, 1.54) is 12.1 Å². The molecular formula is C22H22F7NO2. The van der Waals surface area contributed by atoms with Crippen molar-refractivity contribution in [2.75, 3.05) is 19.7 Å². The number of benzene rings is 2. The van der Waals surface area contributed by atoms with E-state index in [0.717, 1.165) is 0 Å². The van der Waals surface area contributed by atoms with Gasteiger partial charge in [-0.25, -0.2) is 4.39 Å². The van der Waals surface area contributed by atoms with Crippen LogP contribution in [0.1, 0.15) is 48.2 Å². The van der Waals surface area contributed by atoms with Gasteiger partial charge in [-0.1, -0.05) is 26.0 Å². The smallest absolute Gasteiger partial charge is 0.349 e. The molecule has 176 valence electrons. The summed E-state index contributed by atoms with van der Waals surface area (Å²) >= 11 is 0. The highest BCUT2D eigenvalue weighted by atomic mass is 19.4. The third-order valence-corrected chi connectivity index (χ3v) is 5.20. The topological polar surface area (TPSA) is 21.7 Å². The molecule has 10 heteroatoms. The van der Waals surface area contributed by atoms with E-state index in [1.807, 2.05) is 18.7 Å². The van der Waals surface area contributed by atoms with Crippen molar-refractivity contribution in [2.24, 2.45) is 0 Å². The summed E-state index contributed by atoms with van der Waals surface area (Å²) in [5, 5.41) is 0. The van der Waals surface area contributed by atoms with Gasteiger partial charge in [0.25, 0.3) is 0 Å². The molecule has 4 rings (SSSR count). The van der Waals surface area contributed by atoms with E-state index in [1.54, 1.807) is 12.1 Å². The van der Waals surface area contributed by atoms with E-state index in [9.17, 15) is 30.7 Å². The van der Waals surface area contributed by atoms with Crippen molar-refractivity contribution in [1.29, 1.82) is 0 Å². The van der Waals surface area contributed by atoms with Gasteiger partial charge in [-0.05, 0) is 41.5 Å². The fraction of sp³-hybridized carbons (Fsp3) is 0.455. The molecule has 2 saturated heterocycles. The van der Waals surface area contributed by atoms with Crippen LogP contribution in [-0.4, -0.2) is 30.9 Å². The highest BCUT2D eigenvalue weighted by molar-refractivity contribution is 5.35. The average molecular weight is 465 g/mol. The summed E-state index contributed by atoms with van der Waals surface area (Å²) in [7, 11) is 0. The maximum atomic E-state index is 13.2. The van der Waals surface area contributed by atoms with Crippen LogP contribution in [0.5, 0.6) is 0 Å². The van der Waals surface area contributed by atoms with Gasteiger partial charge in [0.1, 0.15) is 5.82 Å². The maximum absolute atomic E-state index is 13.2. The lowest BCUT2D eigenvalue weighted by molar-refractivity contribution is -0.270. The molecule has 4 atom stereocenters. The lowest BCUT2D eigenvalue weighted by Crippen LogP contribution is -2.53. The largest absolute Gasteiger partial charge is 0.416 e. The van der Waals surface area contributed by atoms with Crippen LogP contribution in [0.2, 0.25) is 0 Å². The van der Waals surface area contributed by atoms with Crippen molar-refractivity contribution in [1.82, 2.24) is 4.90 Å². The summed E-state index contributed by atoms with van der Waals surface area (Å²) in [5.74, 6) is -0.432. The highest BCUT2D eigenvalue weighted by Gasteiger charge is 2.43. The molecule has 2 aromatic rings. The van der Waals surface area contributed by atoms with Crippen LogP contribution in [0.15, 0.2) is 42.5 Å². The van der Waals surface area contributed by atoms with Crippen LogP contribution in [0.25, 0.3) is 0 Å². The van der Waals surface area contributed by atoms with Gasteiger partial charge in [-0.2, -0.15) is 26.3 Å². The van der Waals surface area contributed by atoms with Crippen LogP contribution < -0.4 is 0 Å². The van der Waals surface area contributed by atoms with E-state index < -0.39 is 47.7 Å². The normalized spacial score (nSPS) is 25.7. The number of hydrogen-bond donors (Lipinski definition) is 0. The van der Waals surface area contributed by atoms with Crippen molar-refractivity contribution in [3.05, 3.63) is 70.5 Å². The molecule has 0 aromatic heterocycles. The number of rotatable bonds is 2. The summed E-state index contributed by atoms with van der Waals surface area (Å²) in [6, 6.07) is 6.62. The van der Waals surface area contributed by atoms with E-state index >= 15 is 0 Å². The van der Waals surface area contributed by atoms with Crippen LogP contribution in [0.3, 0.4) is 0 Å². The molecular weight excluding hydrogens is 443 g/mol. The predicted molar refractivity (Wildman–Crippen MR) is 102 cm³/mol. The first-order chi connectivity index (χ1) is 15.0. The molecule has 0 N–H and O–H groups in total. The Kier molecular flexibility index (Phi) is 7.16. The summed E-state index contributed by atoms with van der Waals surface area (Å²) in [6.07, 6.45) is -11.8. The molecule has 0 radical (unpaired) electrons. The number of halogens is 7. The minimum atomic E-state index is -4.94. The fourth-order valence-corrected chi connectivity index (χ4v) is 3.80. The monoisotopic (exact) mass is 465 g/mol. The number of nitrogens with zero attached hydrogens (tertiary/aromatic N) is 1. The first kappa shape index (κ1) is 24.5. The van der Waals surface area contributed by atoms with Crippen molar-refractivity contribution in [3.8, 4) is 0 Å². The lowest BCUT2D eigenvalue weighted by Gasteiger charge is -2.48. The second kappa shape index (κ2) is 9.36. The molecule has 32 heavy (non-hydrogen) atoms. The molecule has 0 saturated carbocycles. The third-order valence-electron chi connectivity index (χ3n) is 5.20. The second-order valence-corrected chi connectivity index (χ2v) is 7.19. The van der Waals surface area contributed by atoms with Crippen molar-refractivity contribution in [2.45, 2.75) is 44.6 Å². The first-order valence-electron chi connectivity index (χ1n) is 10.1. The van der Waals surface area contributed by atoms with Gasteiger partial charge in [0.15, 0.2) is 6.29 Å². The van der Waals surface area contributed by atoms with Crippen LogP contribution in [-0.2, 0) is 21.8 Å². The van der Waals surface area contributed by atoms with Crippen molar-refractivity contribution < 1.29 is 40.2 Å². The Balaban J connectivity index is 0.00000141. The Morgan fingerprint density at radius 3 is 1.91 bits per heavy atom. The number of fused-ring (bicyclic) bond motifs is 2. The predicted octanol–water partition coefficient (Wildman–Crippen LogP) is 6.36. The van der Waals surface area contributed by atoms with Crippen molar-refractivity contribution >= 4 is 0 Å². The zero-order valence-electron chi connectivity index (χ0n) is 17.3. The van der Waals surface area contributed by atoms with Gasteiger partial charge in [-0.15, -0.1) is 0 Å². The quantitative estimate of drug-likeness (QED) is 0.482. The Hall–Kier alpha value is -2.17.